The molecule has 0 amide bonds. The summed E-state index contributed by atoms with van der Waals surface area (Å²) in [5.41, 5.74) is -0.791. The second-order valence-electron chi connectivity index (χ2n) is 9.32. The predicted octanol–water partition coefficient (Wildman–Crippen LogP) is 3.89. The average Bonchev–Trinajstić information content (AvgIpc) is 2.45. The summed E-state index contributed by atoms with van der Waals surface area (Å²) in [6.45, 7) is 12.8. The van der Waals surface area contributed by atoms with E-state index in [1.165, 1.54) is 0 Å². The lowest BCUT2D eigenvalue weighted by Crippen LogP contribution is -2.64. The lowest BCUT2D eigenvalue weighted by Gasteiger charge is -2.64. The number of hydrogen-bond donors (Lipinski definition) is 1. The molecular weight excluding hydrogens is 288 g/mol. The quantitative estimate of drug-likeness (QED) is 0.785. The van der Waals surface area contributed by atoms with Crippen molar-refractivity contribution < 1.29 is 14.6 Å². The number of hydrogen-bond acceptors (Lipinski definition) is 3. The molecule has 1 aliphatic heterocycles. The number of rotatable bonds is 2. The third kappa shape index (κ3) is 2.42. The third-order valence-electron chi connectivity index (χ3n) is 7.47. The number of ketones is 1. The normalized spacial score (nSPS) is 53.3. The van der Waals surface area contributed by atoms with Crippen LogP contribution in [-0.2, 0) is 9.53 Å². The minimum Gasteiger partial charge on any atom is -0.396 e. The highest BCUT2D eigenvalue weighted by Gasteiger charge is 2.63. The average molecular weight is 320 g/mol. The molecule has 0 aromatic heterocycles. The summed E-state index contributed by atoms with van der Waals surface area (Å²) in [6, 6.07) is 0. The Balaban J connectivity index is 1.99. The molecule has 6 atom stereocenters. The number of Topliss-reactive ketones (excluding diaryl/α,β-unsaturated/α-hetero) is 1. The van der Waals surface area contributed by atoms with E-state index in [-0.39, 0.29) is 28.6 Å². The SMILES string of the molecule is C=CC1(C)CCC2C(C)(CCC3C(C)(CO)CC(=O)CC32C)O1. The first-order chi connectivity index (χ1) is 10.6. The molecule has 0 aromatic carbocycles. The number of carbonyl (C=O) groups excluding carboxylic acids is 1. The summed E-state index contributed by atoms with van der Waals surface area (Å²) in [4.78, 5) is 12.5. The van der Waals surface area contributed by atoms with Gasteiger partial charge in [-0.15, -0.1) is 6.58 Å². The van der Waals surface area contributed by atoms with Gasteiger partial charge in [-0.25, -0.2) is 0 Å². The van der Waals surface area contributed by atoms with Gasteiger partial charge in [0, 0.05) is 24.9 Å². The number of carbonyl (C=O) groups is 1. The summed E-state index contributed by atoms with van der Waals surface area (Å²) in [5, 5.41) is 10.0. The van der Waals surface area contributed by atoms with Crippen molar-refractivity contribution in [3.05, 3.63) is 12.7 Å². The van der Waals surface area contributed by atoms with E-state index in [0.29, 0.717) is 30.5 Å². The van der Waals surface area contributed by atoms with Crippen LogP contribution >= 0.6 is 0 Å². The fourth-order valence-corrected chi connectivity index (χ4v) is 6.41. The van der Waals surface area contributed by atoms with Crippen molar-refractivity contribution in [1.29, 1.82) is 0 Å². The number of ether oxygens (including phenoxy) is 1. The Hall–Kier alpha value is -0.670. The van der Waals surface area contributed by atoms with Crippen molar-refractivity contribution in [3.8, 4) is 0 Å². The first-order valence-corrected chi connectivity index (χ1v) is 9.07. The fraction of sp³-hybridized carbons (Fsp3) is 0.850. The molecule has 3 fully saturated rings. The van der Waals surface area contributed by atoms with Gasteiger partial charge in [-0.1, -0.05) is 19.9 Å². The Morgan fingerprint density at radius 2 is 1.83 bits per heavy atom. The summed E-state index contributed by atoms with van der Waals surface area (Å²) < 4.78 is 6.57. The maximum Gasteiger partial charge on any atom is 0.134 e. The van der Waals surface area contributed by atoms with Gasteiger partial charge in [0.2, 0.25) is 0 Å². The van der Waals surface area contributed by atoms with Crippen LogP contribution in [0.3, 0.4) is 0 Å². The van der Waals surface area contributed by atoms with Crippen LogP contribution in [0.4, 0.5) is 0 Å². The van der Waals surface area contributed by atoms with Gasteiger partial charge in [0.05, 0.1) is 11.2 Å². The highest BCUT2D eigenvalue weighted by Crippen LogP contribution is 2.64. The topological polar surface area (TPSA) is 46.5 Å². The molecule has 6 unspecified atom stereocenters. The summed E-state index contributed by atoms with van der Waals surface area (Å²) in [5.74, 6) is 1.07. The molecule has 3 rings (SSSR count). The molecule has 0 spiro atoms. The molecule has 0 radical (unpaired) electrons. The molecule has 1 heterocycles. The minimum absolute atomic E-state index is 0.0671. The Bertz CT molecular complexity index is 529. The van der Waals surface area contributed by atoms with Gasteiger partial charge < -0.3 is 9.84 Å². The van der Waals surface area contributed by atoms with Crippen molar-refractivity contribution in [3.63, 3.8) is 0 Å². The van der Waals surface area contributed by atoms with E-state index >= 15 is 0 Å². The zero-order chi connectivity index (χ0) is 17.1. The monoisotopic (exact) mass is 320 g/mol. The molecule has 3 aliphatic rings. The molecule has 1 N–H and O–H groups in total. The molecule has 0 bridgehead atoms. The zero-order valence-electron chi connectivity index (χ0n) is 15.2. The van der Waals surface area contributed by atoms with Crippen molar-refractivity contribution in [2.45, 2.75) is 77.4 Å². The van der Waals surface area contributed by atoms with Gasteiger partial charge >= 0.3 is 0 Å². The first kappa shape index (κ1) is 17.2. The van der Waals surface area contributed by atoms with E-state index in [4.69, 9.17) is 4.74 Å². The van der Waals surface area contributed by atoms with E-state index in [1.54, 1.807) is 0 Å². The molecule has 1 saturated heterocycles. The highest BCUT2D eigenvalue weighted by molar-refractivity contribution is 5.81. The molecule has 23 heavy (non-hydrogen) atoms. The van der Waals surface area contributed by atoms with Crippen LogP contribution in [0.1, 0.15) is 66.2 Å². The lowest BCUT2D eigenvalue weighted by atomic mass is 9.44. The van der Waals surface area contributed by atoms with Gasteiger partial charge in [0.25, 0.3) is 0 Å². The second kappa shape index (κ2) is 5.16. The van der Waals surface area contributed by atoms with Gasteiger partial charge in [0.1, 0.15) is 5.78 Å². The first-order valence-electron chi connectivity index (χ1n) is 9.07. The number of aliphatic hydroxyl groups is 1. The van der Waals surface area contributed by atoms with E-state index < -0.39 is 0 Å². The Kier molecular flexibility index (Phi) is 3.85. The van der Waals surface area contributed by atoms with Gasteiger partial charge in [0.15, 0.2) is 0 Å². The maximum absolute atomic E-state index is 12.5. The molecule has 2 aliphatic carbocycles. The van der Waals surface area contributed by atoms with Crippen molar-refractivity contribution in [2.24, 2.45) is 22.7 Å². The maximum atomic E-state index is 12.5. The lowest BCUT2D eigenvalue weighted by molar-refractivity contribution is -0.253. The van der Waals surface area contributed by atoms with Crippen molar-refractivity contribution in [1.82, 2.24) is 0 Å². The van der Waals surface area contributed by atoms with Gasteiger partial charge in [-0.05, 0) is 56.8 Å². The molecule has 2 saturated carbocycles. The molecule has 130 valence electrons. The standard InChI is InChI=1S/C20H32O3/c1-6-18(3)9-7-16-19(4)12-14(22)11-17(2,13-21)15(19)8-10-20(16,5)23-18/h6,15-16,21H,1,7-13H2,2-5H3. The van der Waals surface area contributed by atoms with E-state index in [2.05, 4.69) is 34.3 Å². The van der Waals surface area contributed by atoms with Crippen LogP contribution in [0.15, 0.2) is 12.7 Å². The van der Waals surface area contributed by atoms with E-state index in [0.717, 1.165) is 25.7 Å². The molecule has 0 aromatic rings. The largest absolute Gasteiger partial charge is 0.396 e. The van der Waals surface area contributed by atoms with Crippen LogP contribution in [-0.4, -0.2) is 28.7 Å². The molecule has 3 heteroatoms. The fourth-order valence-electron chi connectivity index (χ4n) is 6.41. The summed E-state index contributed by atoms with van der Waals surface area (Å²) in [7, 11) is 0. The Labute approximate surface area is 140 Å². The smallest absolute Gasteiger partial charge is 0.134 e. The zero-order valence-corrected chi connectivity index (χ0v) is 15.2. The number of fused-ring (bicyclic) bond motifs is 3. The predicted molar refractivity (Wildman–Crippen MR) is 91.1 cm³/mol. The van der Waals surface area contributed by atoms with Crippen LogP contribution in [0.2, 0.25) is 0 Å². The Morgan fingerprint density at radius 1 is 1.17 bits per heavy atom. The second-order valence-corrected chi connectivity index (χ2v) is 9.32. The van der Waals surface area contributed by atoms with Crippen LogP contribution in [0.25, 0.3) is 0 Å². The van der Waals surface area contributed by atoms with E-state index in [1.807, 2.05) is 6.08 Å². The minimum atomic E-state index is -0.273. The Morgan fingerprint density at radius 3 is 2.43 bits per heavy atom. The van der Waals surface area contributed by atoms with Gasteiger partial charge in [-0.2, -0.15) is 0 Å². The van der Waals surface area contributed by atoms with Crippen LogP contribution in [0.5, 0.6) is 0 Å². The summed E-state index contributed by atoms with van der Waals surface area (Å²) in [6.07, 6.45) is 7.17. The van der Waals surface area contributed by atoms with E-state index in [9.17, 15) is 9.90 Å². The van der Waals surface area contributed by atoms with Crippen LogP contribution < -0.4 is 0 Å². The summed E-state index contributed by atoms with van der Waals surface area (Å²) >= 11 is 0. The highest BCUT2D eigenvalue weighted by atomic mass is 16.5. The van der Waals surface area contributed by atoms with Crippen LogP contribution in [0, 0.1) is 22.7 Å². The molecule has 3 nitrogen and oxygen atoms in total. The number of aliphatic hydroxyl groups excluding tert-OH is 1. The van der Waals surface area contributed by atoms with Crippen molar-refractivity contribution in [2.75, 3.05) is 6.61 Å². The van der Waals surface area contributed by atoms with Gasteiger partial charge in [-0.3, -0.25) is 4.79 Å². The van der Waals surface area contributed by atoms with Crippen molar-refractivity contribution >= 4 is 5.78 Å². The molecular formula is C20H32O3. The third-order valence-corrected chi connectivity index (χ3v) is 7.47.